The Morgan fingerprint density at radius 3 is 2.45 bits per heavy atom. The number of rotatable bonds is 3. The molecule has 1 heterocycles. The number of aromatic nitrogens is 2. The average Bonchev–Trinajstić information content (AvgIpc) is 3.08. The van der Waals surface area contributed by atoms with E-state index in [1.807, 2.05) is 0 Å². The van der Waals surface area contributed by atoms with Crippen molar-refractivity contribution in [1.82, 2.24) is 10.1 Å². The van der Waals surface area contributed by atoms with E-state index in [0.717, 1.165) is 30.5 Å². The predicted octanol–water partition coefficient (Wildman–Crippen LogP) is 3.90. The third-order valence-electron chi connectivity index (χ3n) is 5.16. The number of halogens is 1. The van der Waals surface area contributed by atoms with Gasteiger partial charge < -0.3 is 10.3 Å². The molecule has 1 aromatic rings. The van der Waals surface area contributed by atoms with Crippen LogP contribution in [0.25, 0.3) is 0 Å². The summed E-state index contributed by atoms with van der Waals surface area (Å²) in [7, 11) is 0. The van der Waals surface area contributed by atoms with Crippen LogP contribution in [0.2, 0.25) is 0 Å². The average molecular weight is 300 g/mol. The molecule has 2 fully saturated rings. The number of hydrogen-bond donors (Lipinski definition) is 1. The second-order valence-corrected chi connectivity index (χ2v) is 6.45. The molecule has 0 unspecified atom stereocenters. The minimum Gasteiger partial charge on any atom is -0.339 e. The van der Waals surface area contributed by atoms with Crippen LogP contribution < -0.4 is 5.73 Å². The lowest BCUT2D eigenvalue weighted by molar-refractivity contribution is 0.265. The van der Waals surface area contributed by atoms with Gasteiger partial charge in [-0.15, -0.1) is 12.4 Å². The zero-order valence-corrected chi connectivity index (χ0v) is 13.1. The van der Waals surface area contributed by atoms with Crippen LogP contribution in [0, 0.1) is 5.92 Å². The second kappa shape index (κ2) is 6.44. The fourth-order valence-electron chi connectivity index (χ4n) is 3.65. The van der Waals surface area contributed by atoms with Crippen LogP contribution in [0.3, 0.4) is 0 Å². The maximum Gasteiger partial charge on any atom is 0.229 e. The van der Waals surface area contributed by atoms with Gasteiger partial charge in [0, 0.05) is 5.92 Å². The van der Waals surface area contributed by atoms with Crippen molar-refractivity contribution in [3.05, 3.63) is 11.7 Å². The Balaban J connectivity index is 0.00000147. The van der Waals surface area contributed by atoms with Crippen LogP contribution in [0.4, 0.5) is 0 Å². The second-order valence-electron chi connectivity index (χ2n) is 6.45. The van der Waals surface area contributed by atoms with Crippen LogP contribution in [-0.2, 0) is 5.54 Å². The molecule has 3 rings (SSSR count). The molecule has 0 atom stereocenters. The fourth-order valence-corrected chi connectivity index (χ4v) is 3.65. The molecule has 2 aliphatic carbocycles. The van der Waals surface area contributed by atoms with Crippen LogP contribution in [0.15, 0.2) is 4.52 Å². The van der Waals surface area contributed by atoms with E-state index in [1.54, 1.807) is 0 Å². The first-order valence-electron chi connectivity index (χ1n) is 7.84. The first-order valence-corrected chi connectivity index (χ1v) is 7.84. The Bertz CT molecular complexity index is 421. The third-order valence-corrected chi connectivity index (χ3v) is 5.16. The largest absolute Gasteiger partial charge is 0.339 e. The van der Waals surface area contributed by atoms with Crippen molar-refractivity contribution in [2.75, 3.05) is 0 Å². The first-order chi connectivity index (χ1) is 9.21. The molecule has 0 radical (unpaired) electrons. The molecule has 5 heteroatoms. The molecule has 2 saturated carbocycles. The topological polar surface area (TPSA) is 64.9 Å². The van der Waals surface area contributed by atoms with Crippen LogP contribution in [-0.4, -0.2) is 10.1 Å². The Morgan fingerprint density at radius 1 is 1.20 bits per heavy atom. The molecule has 0 aromatic carbocycles. The molecule has 20 heavy (non-hydrogen) atoms. The summed E-state index contributed by atoms with van der Waals surface area (Å²) < 4.78 is 5.51. The lowest BCUT2D eigenvalue weighted by Gasteiger charge is -2.25. The monoisotopic (exact) mass is 299 g/mol. The highest BCUT2D eigenvalue weighted by Gasteiger charge is 2.37. The molecule has 0 spiro atoms. The van der Waals surface area contributed by atoms with E-state index in [0.29, 0.717) is 5.92 Å². The Morgan fingerprint density at radius 2 is 1.85 bits per heavy atom. The van der Waals surface area contributed by atoms with Crippen molar-refractivity contribution in [2.45, 2.75) is 76.2 Å². The maximum absolute atomic E-state index is 6.38. The molecule has 1 aromatic heterocycles. The van der Waals surface area contributed by atoms with Gasteiger partial charge in [-0.2, -0.15) is 4.98 Å². The van der Waals surface area contributed by atoms with Gasteiger partial charge in [-0.3, -0.25) is 0 Å². The minimum atomic E-state index is -0.317. The number of nitrogens with two attached hydrogens (primary N) is 1. The van der Waals surface area contributed by atoms with Crippen LogP contribution >= 0.6 is 12.4 Å². The summed E-state index contributed by atoms with van der Waals surface area (Å²) >= 11 is 0. The Hall–Kier alpha value is -0.610. The highest BCUT2D eigenvalue weighted by atomic mass is 35.5. The van der Waals surface area contributed by atoms with Gasteiger partial charge in [0.05, 0.1) is 5.54 Å². The van der Waals surface area contributed by atoms with E-state index in [-0.39, 0.29) is 17.9 Å². The zero-order valence-electron chi connectivity index (χ0n) is 12.3. The van der Waals surface area contributed by atoms with Gasteiger partial charge in [-0.05, 0) is 44.4 Å². The summed E-state index contributed by atoms with van der Waals surface area (Å²) in [6.07, 6.45) is 10.6. The van der Waals surface area contributed by atoms with Crippen LogP contribution in [0.1, 0.15) is 82.3 Å². The van der Waals surface area contributed by atoms with Gasteiger partial charge in [-0.25, -0.2) is 0 Å². The van der Waals surface area contributed by atoms with Crippen molar-refractivity contribution in [1.29, 1.82) is 0 Å². The van der Waals surface area contributed by atoms with E-state index in [1.165, 1.54) is 44.9 Å². The summed E-state index contributed by atoms with van der Waals surface area (Å²) in [5.74, 6) is 2.95. The Kier molecular flexibility index (Phi) is 5.08. The summed E-state index contributed by atoms with van der Waals surface area (Å²) in [4.78, 5) is 4.64. The fraction of sp³-hybridized carbons (Fsp3) is 0.867. The van der Waals surface area contributed by atoms with Gasteiger partial charge in [0.25, 0.3) is 0 Å². The lowest BCUT2D eigenvalue weighted by Crippen LogP contribution is -2.34. The molecule has 0 saturated heterocycles. The number of hydrogen-bond acceptors (Lipinski definition) is 4. The van der Waals surface area contributed by atoms with Crippen molar-refractivity contribution >= 4 is 12.4 Å². The van der Waals surface area contributed by atoms with Crippen molar-refractivity contribution in [2.24, 2.45) is 11.7 Å². The summed E-state index contributed by atoms with van der Waals surface area (Å²) in [6.45, 7) is 2.29. The molecule has 0 aliphatic heterocycles. The highest BCUT2D eigenvalue weighted by molar-refractivity contribution is 5.85. The van der Waals surface area contributed by atoms with E-state index in [2.05, 4.69) is 17.1 Å². The SMILES string of the molecule is CCC1CCC(c2nc(C3(N)CCCC3)no2)CC1.Cl. The molecular formula is C15H26ClN3O. The van der Waals surface area contributed by atoms with Gasteiger partial charge in [0.15, 0.2) is 5.82 Å². The summed E-state index contributed by atoms with van der Waals surface area (Å²) in [5.41, 5.74) is 6.06. The van der Waals surface area contributed by atoms with Crippen molar-refractivity contribution in [3.63, 3.8) is 0 Å². The van der Waals surface area contributed by atoms with E-state index in [9.17, 15) is 0 Å². The van der Waals surface area contributed by atoms with E-state index >= 15 is 0 Å². The van der Waals surface area contributed by atoms with Gasteiger partial charge in [0.1, 0.15) is 0 Å². The van der Waals surface area contributed by atoms with Crippen LogP contribution in [0.5, 0.6) is 0 Å². The first kappa shape index (κ1) is 15.8. The smallest absolute Gasteiger partial charge is 0.229 e. The molecular weight excluding hydrogens is 274 g/mol. The summed E-state index contributed by atoms with van der Waals surface area (Å²) in [5, 5.41) is 4.17. The predicted molar refractivity (Wildman–Crippen MR) is 80.9 cm³/mol. The maximum atomic E-state index is 6.38. The van der Waals surface area contributed by atoms with E-state index in [4.69, 9.17) is 10.3 Å². The Labute approximate surface area is 127 Å². The quantitative estimate of drug-likeness (QED) is 0.919. The highest BCUT2D eigenvalue weighted by Crippen LogP contribution is 2.38. The molecule has 114 valence electrons. The van der Waals surface area contributed by atoms with Crippen molar-refractivity contribution < 1.29 is 4.52 Å². The normalized spacial score (nSPS) is 29.1. The van der Waals surface area contributed by atoms with Gasteiger partial charge in [0.2, 0.25) is 5.89 Å². The van der Waals surface area contributed by atoms with Gasteiger partial charge >= 0.3 is 0 Å². The molecule has 0 amide bonds. The van der Waals surface area contributed by atoms with Gasteiger partial charge in [-0.1, -0.05) is 31.3 Å². The molecule has 2 N–H and O–H groups in total. The molecule has 2 aliphatic rings. The molecule has 0 bridgehead atoms. The lowest BCUT2D eigenvalue weighted by atomic mass is 9.81. The number of nitrogens with zero attached hydrogens (tertiary/aromatic N) is 2. The zero-order chi connectivity index (χ0) is 13.3. The molecule has 4 nitrogen and oxygen atoms in total. The van der Waals surface area contributed by atoms with Crippen molar-refractivity contribution in [3.8, 4) is 0 Å². The third kappa shape index (κ3) is 3.01. The summed E-state index contributed by atoms with van der Waals surface area (Å²) in [6, 6.07) is 0. The van der Waals surface area contributed by atoms with E-state index < -0.39 is 0 Å². The standard InChI is InChI=1S/C15H25N3O.ClH/c1-2-11-5-7-12(8-6-11)13-17-14(18-19-13)15(16)9-3-4-10-15;/h11-12H,2-10,16H2,1H3;1H. The minimum absolute atomic E-state index is 0.